The SMILES string of the molecule is C[C@@H](NC(=O)C1=NN([C@@H]2CCS(=O)(=O)C2)C(=O)CC1)c1cccs1. The molecule has 1 N–H and O–H groups in total. The Morgan fingerprint density at radius 3 is 2.88 bits per heavy atom. The lowest BCUT2D eigenvalue weighted by Gasteiger charge is -2.27. The Hall–Kier alpha value is -1.74. The van der Waals surface area contributed by atoms with Crippen molar-refractivity contribution in [2.24, 2.45) is 5.10 Å². The normalized spacial score (nSPS) is 24.5. The van der Waals surface area contributed by atoms with Gasteiger partial charge in [-0.25, -0.2) is 13.4 Å². The van der Waals surface area contributed by atoms with Crippen molar-refractivity contribution in [1.82, 2.24) is 10.3 Å². The van der Waals surface area contributed by atoms with Crippen LogP contribution in [0.25, 0.3) is 0 Å². The lowest BCUT2D eigenvalue weighted by molar-refractivity contribution is -0.133. The number of thiophene rings is 1. The van der Waals surface area contributed by atoms with Gasteiger partial charge in [-0.1, -0.05) is 6.07 Å². The second kappa shape index (κ2) is 6.64. The van der Waals surface area contributed by atoms with Crippen LogP contribution in [0.15, 0.2) is 22.6 Å². The Labute approximate surface area is 144 Å². The zero-order valence-electron chi connectivity index (χ0n) is 13.3. The molecule has 2 aliphatic heterocycles. The summed E-state index contributed by atoms with van der Waals surface area (Å²) in [6.45, 7) is 1.89. The van der Waals surface area contributed by atoms with Crippen LogP contribution < -0.4 is 5.32 Å². The number of rotatable bonds is 4. The number of hydrazone groups is 1. The third kappa shape index (κ3) is 3.67. The van der Waals surface area contributed by atoms with Gasteiger partial charge < -0.3 is 5.32 Å². The fourth-order valence-corrected chi connectivity index (χ4v) is 5.30. The van der Waals surface area contributed by atoms with E-state index in [0.29, 0.717) is 6.42 Å². The van der Waals surface area contributed by atoms with Crippen molar-refractivity contribution >= 4 is 38.7 Å². The Bertz CT molecular complexity index is 771. The van der Waals surface area contributed by atoms with Crippen molar-refractivity contribution < 1.29 is 18.0 Å². The minimum absolute atomic E-state index is 0.0634. The van der Waals surface area contributed by atoms with E-state index in [1.54, 1.807) is 11.3 Å². The zero-order valence-corrected chi connectivity index (χ0v) is 14.9. The van der Waals surface area contributed by atoms with Gasteiger partial charge in [-0.15, -0.1) is 11.3 Å². The minimum atomic E-state index is -3.12. The van der Waals surface area contributed by atoms with Gasteiger partial charge in [0, 0.05) is 17.7 Å². The third-order valence-electron chi connectivity index (χ3n) is 4.19. The zero-order chi connectivity index (χ0) is 17.3. The molecular formula is C15H19N3O4S2. The molecule has 7 nitrogen and oxygen atoms in total. The summed E-state index contributed by atoms with van der Waals surface area (Å²) < 4.78 is 23.2. The van der Waals surface area contributed by atoms with E-state index < -0.39 is 15.9 Å². The number of hydrogen-bond donors (Lipinski definition) is 1. The van der Waals surface area contributed by atoms with Gasteiger partial charge in [0.05, 0.1) is 23.6 Å². The number of sulfone groups is 1. The van der Waals surface area contributed by atoms with Gasteiger partial charge in [-0.3, -0.25) is 9.59 Å². The first-order valence-electron chi connectivity index (χ1n) is 7.80. The van der Waals surface area contributed by atoms with E-state index in [-0.39, 0.29) is 47.9 Å². The van der Waals surface area contributed by atoms with E-state index >= 15 is 0 Å². The molecule has 24 heavy (non-hydrogen) atoms. The molecule has 1 saturated heterocycles. The van der Waals surface area contributed by atoms with E-state index in [1.165, 1.54) is 5.01 Å². The number of carbonyl (C=O) groups excluding carboxylic acids is 2. The summed E-state index contributed by atoms with van der Waals surface area (Å²) >= 11 is 1.55. The summed E-state index contributed by atoms with van der Waals surface area (Å²) in [5.41, 5.74) is 0.280. The second-order valence-corrected chi connectivity index (χ2v) is 9.26. The monoisotopic (exact) mass is 369 g/mol. The van der Waals surface area contributed by atoms with Crippen LogP contribution >= 0.6 is 11.3 Å². The summed E-state index contributed by atoms with van der Waals surface area (Å²) in [4.78, 5) is 25.5. The van der Waals surface area contributed by atoms with Gasteiger partial charge in [-0.2, -0.15) is 5.10 Å². The standard InChI is InChI=1S/C15H19N3O4S2/c1-10(13-3-2-7-23-13)16-15(20)12-4-5-14(19)18(17-12)11-6-8-24(21,22)9-11/h2-3,7,10-11H,4-6,8-9H2,1H3,(H,16,20)/t10-,11-/m1/s1. The van der Waals surface area contributed by atoms with Crippen LogP contribution in [0.2, 0.25) is 0 Å². The molecule has 3 heterocycles. The average Bonchev–Trinajstić information content (AvgIpc) is 3.17. The van der Waals surface area contributed by atoms with Crippen molar-refractivity contribution in [3.05, 3.63) is 22.4 Å². The van der Waals surface area contributed by atoms with Gasteiger partial charge in [0.15, 0.2) is 9.84 Å². The van der Waals surface area contributed by atoms with Crippen LogP contribution in [0.4, 0.5) is 0 Å². The smallest absolute Gasteiger partial charge is 0.268 e. The van der Waals surface area contributed by atoms with E-state index in [0.717, 1.165) is 4.88 Å². The molecule has 0 bridgehead atoms. The average molecular weight is 369 g/mol. The van der Waals surface area contributed by atoms with Crippen LogP contribution in [0.5, 0.6) is 0 Å². The number of amides is 2. The first kappa shape index (κ1) is 17.1. The van der Waals surface area contributed by atoms with Crippen molar-refractivity contribution in [2.45, 2.75) is 38.3 Å². The van der Waals surface area contributed by atoms with Crippen LogP contribution in [-0.2, 0) is 19.4 Å². The summed E-state index contributed by atoms with van der Waals surface area (Å²) in [5.74, 6) is -0.550. The predicted molar refractivity (Wildman–Crippen MR) is 91.5 cm³/mol. The van der Waals surface area contributed by atoms with E-state index in [4.69, 9.17) is 0 Å². The molecule has 0 aromatic carbocycles. The van der Waals surface area contributed by atoms with Gasteiger partial charge in [0.25, 0.3) is 5.91 Å². The molecule has 0 unspecified atom stereocenters. The van der Waals surface area contributed by atoms with Crippen molar-refractivity contribution in [3.63, 3.8) is 0 Å². The quantitative estimate of drug-likeness (QED) is 0.859. The highest BCUT2D eigenvalue weighted by Gasteiger charge is 2.37. The molecule has 2 atom stereocenters. The topological polar surface area (TPSA) is 95.9 Å². The van der Waals surface area contributed by atoms with Crippen LogP contribution in [0.1, 0.15) is 37.1 Å². The minimum Gasteiger partial charge on any atom is -0.344 e. The first-order valence-corrected chi connectivity index (χ1v) is 10.5. The Morgan fingerprint density at radius 2 is 2.25 bits per heavy atom. The van der Waals surface area contributed by atoms with E-state index in [1.807, 2.05) is 24.4 Å². The first-order chi connectivity index (χ1) is 11.4. The fraction of sp³-hybridized carbons (Fsp3) is 0.533. The van der Waals surface area contributed by atoms with E-state index in [2.05, 4.69) is 10.4 Å². The lowest BCUT2D eigenvalue weighted by atomic mass is 10.1. The maximum Gasteiger partial charge on any atom is 0.268 e. The highest BCUT2D eigenvalue weighted by molar-refractivity contribution is 7.91. The van der Waals surface area contributed by atoms with Crippen molar-refractivity contribution in [3.8, 4) is 0 Å². The number of carbonyl (C=O) groups is 2. The summed E-state index contributed by atoms with van der Waals surface area (Å²) in [6.07, 6.45) is 0.825. The van der Waals surface area contributed by atoms with Crippen LogP contribution in [-0.4, -0.2) is 48.5 Å². The van der Waals surface area contributed by atoms with E-state index in [9.17, 15) is 18.0 Å². The Balaban J connectivity index is 1.71. The summed E-state index contributed by atoms with van der Waals surface area (Å²) in [5, 5.41) is 10.2. The number of nitrogens with one attached hydrogen (secondary N) is 1. The second-order valence-electron chi connectivity index (χ2n) is 6.05. The molecule has 130 valence electrons. The van der Waals surface area contributed by atoms with Gasteiger partial charge in [-0.05, 0) is 24.8 Å². The molecule has 3 rings (SSSR count). The van der Waals surface area contributed by atoms with Gasteiger partial charge >= 0.3 is 0 Å². The molecule has 1 aromatic heterocycles. The molecule has 9 heteroatoms. The van der Waals surface area contributed by atoms with Gasteiger partial charge in [0.2, 0.25) is 5.91 Å². The molecule has 1 fully saturated rings. The molecule has 0 aliphatic carbocycles. The van der Waals surface area contributed by atoms with Crippen molar-refractivity contribution in [2.75, 3.05) is 11.5 Å². The summed E-state index contributed by atoms with van der Waals surface area (Å²) in [7, 11) is -3.12. The lowest BCUT2D eigenvalue weighted by Crippen LogP contribution is -2.44. The molecule has 0 spiro atoms. The maximum absolute atomic E-state index is 12.4. The maximum atomic E-state index is 12.4. The van der Waals surface area contributed by atoms with Crippen LogP contribution in [0.3, 0.4) is 0 Å². The molecular weight excluding hydrogens is 350 g/mol. The Kier molecular flexibility index (Phi) is 4.73. The molecule has 1 aromatic rings. The highest BCUT2D eigenvalue weighted by atomic mass is 32.2. The highest BCUT2D eigenvalue weighted by Crippen LogP contribution is 2.23. The third-order valence-corrected chi connectivity index (χ3v) is 7.00. The fourth-order valence-electron chi connectivity index (χ4n) is 2.88. The number of hydrogen-bond acceptors (Lipinski definition) is 6. The largest absolute Gasteiger partial charge is 0.344 e. The Morgan fingerprint density at radius 1 is 1.46 bits per heavy atom. The van der Waals surface area contributed by atoms with Gasteiger partial charge in [0.1, 0.15) is 5.71 Å². The molecule has 2 amide bonds. The molecule has 0 saturated carbocycles. The van der Waals surface area contributed by atoms with Crippen molar-refractivity contribution in [1.29, 1.82) is 0 Å². The summed E-state index contributed by atoms with van der Waals surface area (Å²) in [6, 6.07) is 3.26. The molecule has 2 aliphatic rings. The number of nitrogens with zero attached hydrogens (tertiary/aromatic N) is 2. The predicted octanol–water partition coefficient (Wildman–Crippen LogP) is 1.09. The van der Waals surface area contributed by atoms with Crippen LogP contribution in [0, 0.1) is 0 Å². The molecule has 0 radical (unpaired) electrons.